The maximum atomic E-state index is 6.38. The monoisotopic (exact) mass is 360 g/mol. The smallest absolute Gasteiger partial charge is 0.122 e. The summed E-state index contributed by atoms with van der Waals surface area (Å²) in [5.41, 5.74) is 2.32. The first-order valence-electron chi connectivity index (χ1n) is 8.60. The van der Waals surface area contributed by atoms with Crippen molar-refractivity contribution in [2.45, 2.75) is 25.3 Å². The van der Waals surface area contributed by atoms with E-state index in [-0.39, 0.29) is 6.04 Å². The first kappa shape index (κ1) is 18.1. The van der Waals surface area contributed by atoms with E-state index < -0.39 is 0 Å². The third-order valence-electron chi connectivity index (χ3n) is 4.95. The van der Waals surface area contributed by atoms with E-state index in [0.29, 0.717) is 5.92 Å². The molecule has 0 amide bonds. The van der Waals surface area contributed by atoms with Crippen molar-refractivity contribution in [3.8, 4) is 11.5 Å². The summed E-state index contributed by atoms with van der Waals surface area (Å²) in [6, 6.07) is 14.1. The number of hydrogen-bond donors (Lipinski definition) is 1. The summed E-state index contributed by atoms with van der Waals surface area (Å²) < 4.78 is 10.9. The molecule has 2 N–H and O–H groups in total. The zero-order valence-electron chi connectivity index (χ0n) is 14.7. The van der Waals surface area contributed by atoms with Crippen LogP contribution in [0.5, 0.6) is 11.5 Å². The number of hydrazine groups is 1. The molecule has 4 nitrogen and oxygen atoms in total. The fourth-order valence-corrected chi connectivity index (χ4v) is 3.99. The van der Waals surface area contributed by atoms with E-state index in [1.165, 1.54) is 5.56 Å². The van der Waals surface area contributed by atoms with Crippen molar-refractivity contribution in [2.75, 3.05) is 20.8 Å². The number of nitrogens with two attached hydrogens (primary N) is 1. The number of methoxy groups -OCH3 is 2. The molecule has 1 heterocycles. The van der Waals surface area contributed by atoms with Gasteiger partial charge in [0.1, 0.15) is 11.5 Å². The Kier molecular flexibility index (Phi) is 5.84. The molecule has 2 aromatic rings. The third-order valence-corrected chi connectivity index (χ3v) is 5.19. The van der Waals surface area contributed by atoms with Crippen molar-refractivity contribution in [3.63, 3.8) is 0 Å². The van der Waals surface area contributed by atoms with Gasteiger partial charge in [0.15, 0.2) is 0 Å². The summed E-state index contributed by atoms with van der Waals surface area (Å²) in [5, 5.41) is 2.69. The van der Waals surface area contributed by atoms with E-state index in [4.69, 9.17) is 26.9 Å². The fraction of sp³-hybridized carbons (Fsp3) is 0.400. The number of ether oxygens (including phenoxy) is 2. The molecule has 5 heteroatoms. The van der Waals surface area contributed by atoms with Gasteiger partial charge in [-0.05, 0) is 66.6 Å². The Hall–Kier alpha value is -1.75. The van der Waals surface area contributed by atoms with Gasteiger partial charge in [0.05, 0.1) is 20.3 Å². The molecule has 0 aliphatic carbocycles. The van der Waals surface area contributed by atoms with Crippen molar-refractivity contribution in [1.82, 2.24) is 5.01 Å². The van der Waals surface area contributed by atoms with Crippen LogP contribution in [0.1, 0.15) is 30.0 Å². The molecule has 0 unspecified atom stereocenters. The Morgan fingerprint density at radius 2 is 2.00 bits per heavy atom. The molecule has 1 aliphatic rings. The Balaban J connectivity index is 1.91. The quantitative estimate of drug-likeness (QED) is 0.811. The molecule has 134 valence electrons. The zero-order chi connectivity index (χ0) is 17.8. The lowest BCUT2D eigenvalue weighted by Crippen LogP contribution is -2.44. The number of piperidine rings is 1. The van der Waals surface area contributed by atoms with Gasteiger partial charge in [0, 0.05) is 11.6 Å². The minimum Gasteiger partial charge on any atom is -0.497 e. The van der Waals surface area contributed by atoms with Gasteiger partial charge in [0.2, 0.25) is 0 Å². The first-order chi connectivity index (χ1) is 12.1. The second kappa shape index (κ2) is 8.09. The second-order valence-electron chi connectivity index (χ2n) is 6.52. The fourth-order valence-electron chi connectivity index (χ4n) is 3.80. The predicted molar refractivity (Wildman–Crippen MR) is 101 cm³/mol. The van der Waals surface area contributed by atoms with Crippen molar-refractivity contribution < 1.29 is 9.47 Å². The molecular weight excluding hydrogens is 336 g/mol. The lowest BCUT2D eigenvalue weighted by Gasteiger charge is -2.39. The van der Waals surface area contributed by atoms with Crippen LogP contribution >= 0.6 is 11.6 Å². The van der Waals surface area contributed by atoms with Gasteiger partial charge < -0.3 is 9.47 Å². The summed E-state index contributed by atoms with van der Waals surface area (Å²) in [6.45, 7) is 0.894. The van der Waals surface area contributed by atoms with Crippen molar-refractivity contribution in [2.24, 2.45) is 11.8 Å². The average Bonchev–Trinajstić information content (AvgIpc) is 2.62. The highest BCUT2D eigenvalue weighted by atomic mass is 35.5. The highest BCUT2D eigenvalue weighted by Gasteiger charge is 2.32. The molecule has 1 aliphatic heterocycles. The lowest BCUT2D eigenvalue weighted by atomic mass is 9.81. The Morgan fingerprint density at radius 1 is 1.16 bits per heavy atom. The Morgan fingerprint density at radius 3 is 2.76 bits per heavy atom. The van der Waals surface area contributed by atoms with Gasteiger partial charge in [-0.1, -0.05) is 23.7 Å². The van der Waals surface area contributed by atoms with E-state index in [1.54, 1.807) is 14.2 Å². The lowest BCUT2D eigenvalue weighted by molar-refractivity contribution is 0.0921. The summed E-state index contributed by atoms with van der Waals surface area (Å²) in [5.74, 6) is 8.50. The number of benzene rings is 2. The van der Waals surface area contributed by atoms with Gasteiger partial charge in [-0.3, -0.25) is 5.84 Å². The molecule has 2 aromatic carbocycles. The molecule has 0 aromatic heterocycles. The molecule has 1 saturated heterocycles. The van der Waals surface area contributed by atoms with E-state index in [0.717, 1.165) is 47.9 Å². The van der Waals surface area contributed by atoms with Gasteiger partial charge in [-0.15, -0.1) is 0 Å². The normalized spacial score (nSPS) is 21.1. The van der Waals surface area contributed by atoms with E-state index in [9.17, 15) is 0 Å². The molecule has 0 saturated carbocycles. The molecule has 0 spiro atoms. The summed E-state index contributed by atoms with van der Waals surface area (Å²) in [4.78, 5) is 0. The van der Waals surface area contributed by atoms with Crippen LogP contribution in [0.3, 0.4) is 0 Å². The predicted octanol–water partition coefficient (Wildman–Crippen LogP) is 4.23. The molecule has 25 heavy (non-hydrogen) atoms. The maximum absolute atomic E-state index is 6.38. The van der Waals surface area contributed by atoms with E-state index in [1.807, 2.05) is 35.3 Å². The van der Waals surface area contributed by atoms with E-state index >= 15 is 0 Å². The second-order valence-corrected chi connectivity index (χ2v) is 6.96. The maximum Gasteiger partial charge on any atom is 0.122 e. The van der Waals surface area contributed by atoms with Gasteiger partial charge in [0.25, 0.3) is 0 Å². The minimum absolute atomic E-state index is 0.146. The van der Waals surface area contributed by atoms with Crippen LogP contribution in [0.4, 0.5) is 0 Å². The highest BCUT2D eigenvalue weighted by Crippen LogP contribution is 2.39. The van der Waals surface area contributed by atoms with Crippen LogP contribution in [0, 0.1) is 5.92 Å². The molecular formula is C20H25ClN2O2. The summed E-state index contributed by atoms with van der Waals surface area (Å²) >= 11 is 6.21. The number of nitrogens with zero attached hydrogens (tertiary/aromatic N) is 1. The highest BCUT2D eigenvalue weighted by molar-refractivity contribution is 6.30. The number of halogens is 1. The van der Waals surface area contributed by atoms with Crippen molar-refractivity contribution in [3.05, 3.63) is 58.6 Å². The zero-order valence-corrected chi connectivity index (χ0v) is 15.5. The molecule has 0 radical (unpaired) electrons. The van der Waals surface area contributed by atoms with Crippen molar-refractivity contribution >= 4 is 11.6 Å². The van der Waals surface area contributed by atoms with Crippen LogP contribution in [-0.2, 0) is 6.42 Å². The Labute approximate surface area is 154 Å². The largest absolute Gasteiger partial charge is 0.497 e. The molecule has 2 atom stereocenters. The van der Waals surface area contributed by atoms with Gasteiger partial charge >= 0.3 is 0 Å². The van der Waals surface area contributed by atoms with Crippen LogP contribution in [-0.4, -0.2) is 25.8 Å². The first-order valence-corrected chi connectivity index (χ1v) is 8.98. The minimum atomic E-state index is 0.146. The van der Waals surface area contributed by atoms with Crippen molar-refractivity contribution in [1.29, 1.82) is 0 Å². The van der Waals surface area contributed by atoms with Crippen LogP contribution < -0.4 is 15.3 Å². The molecule has 0 bridgehead atoms. The molecule has 1 fully saturated rings. The SMILES string of the molecule is COc1cccc([C@H]2[C@@H](Cc3cc(Cl)ccc3OC)CCCN2N)c1. The molecule has 3 rings (SSSR count). The standard InChI is InChI=1S/C20H25ClN2O2/c1-24-18-7-3-5-15(13-18)20-14(6-4-10-23(20)22)11-16-12-17(21)8-9-19(16)25-2/h3,5,7-9,12-14,20H,4,6,10-11,22H2,1-2H3/t14-,20-/m1/s1. The van der Waals surface area contributed by atoms with Gasteiger partial charge in [-0.2, -0.15) is 0 Å². The van der Waals surface area contributed by atoms with Crippen LogP contribution in [0.15, 0.2) is 42.5 Å². The topological polar surface area (TPSA) is 47.7 Å². The number of hydrogen-bond acceptors (Lipinski definition) is 4. The van der Waals surface area contributed by atoms with Crippen LogP contribution in [0.2, 0.25) is 5.02 Å². The Bertz CT molecular complexity index is 723. The number of rotatable bonds is 5. The average molecular weight is 361 g/mol. The third kappa shape index (κ3) is 4.09. The summed E-state index contributed by atoms with van der Waals surface area (Å²) in [6.07, 6.45) is 3.08. The summed E-state index contributed by atoms with van der Waals surface area (Å²) in [7, 11) is 3.39. The van der Waals surface area contributed by atoms with Gasteiger partial charge in [-0.25, -0.2) is 5.01 Å². The van der Waals surface area contributed by atoms with E-state index in [2.05, 4.69) is 12.1 Å². The van der Waals surface area contributed by atoms with Crippen LogP contribution in [0.25, 0.3) is 0 Å².